The first-order valence-electron chi connectivity index (χ1n) is 9.27. The van der Waals surface area contributed by atoms with Gasteiger partial charge in [0.2, 0.25) is 0 Å². The summed E-state index contributed by atoms with van der Waals surface area (Å²) in [5, 5.41) is 0. The Labute approximate surface area is 143 Å². The van der Waals surface area contributed by atoms with E-state index in [4.69, 9.17) is 15.3 Å². The van der Waals surface area contributed by atoms with Crippen molar-refractivity contribution in [2.24, 2.45) is 0 Å². The van der Waals surface area contributed by atoms with E-state index in [0.717, 1.165) is 31.3 Å². The predicted molar refractivity (Wildman–Crippen MR) is 89.8 cm³/mol. The Hall–Kier alpha value is -0.260. The van der Waals surface area contributed by atoms with Gasteiger partial charge in [0.1, 0.15) is 0 Å². The van der Waals surface area contributed by atoms with Crippen LogP contribution in [0, 0.1) is 0 Å². The first-order valence-corrected chi connectivity index (χ1v) is 10.3. The first-order chi connectivity index (χ1) is 12.2. The Morgan fingerprint density at radius 1 is 1.22 bits per heavy atom. The Morgan fingerprint density at radius 2 is 1.91 bits per heavy atom. The highest BCUT2D eigenvalue weighted by Gasteiger charge is 2.31. The third-order valence-corrected chi connectivity index (χ3v) is 4.92. The minimum atomic E-state index is -5.28. The van der Waals surface area contributed by atoms with Crippen LogP contribution >= 0.6 is 15.6 Å². The summed E-state index contributed by atoms with van der Waals surface area (Å²) in [4.78, 5) is 26.2. The molecule has 3 N–H and O–H groups in total. The van der Waals surface area contributed by atoms with Crippen molar-refractivity contribution in [2.75, 3.05) is 6.61 Å². The molecule has 9 heteroatoms. The summed E-state index contributed by atoms with van der Waals surface area (Å²) >= 11 is 0. The molecule has 0 aliphatic carbocycles. The number of unbranched alkanes of at least 4 members (excludes halogenated alkanes) is 2. The number of phosphoric ester groups is 1. The van der Waals surface area contributed by atoms with E-state index in [0.29, 0.717) is 6.42 Å². The molecule has 0 fully saturated rings. The molecule has 1 unspecified atom stereocenters. The fourth-order valence-corrected chi connectivity index (χ4v) is 3.16. The molecule has 0 aromatic heterocycles. The van der Waals surface area contributed by atoms with Crippen molar-refractivity contribution < 1.29 is 38.1 Å². The summed E-state index contributed by atoms with van der Waals surface area (Å²) in [5.41, 5.74) is 0.863. The predicted octanol–water partition coefficient (Wildman–Crippen LogP) is 4.47. The Bertz CT molecular complexity index is 625. The summed E-state index contributed by atoms with van der Waals surface area (Å²) in [5.74, 6) is 0. The molecule has 0 saturated carbocycles. The SMILES string of the molecule is [2H]/C(COP(=O)(O)OP(=O)(O)O)=C(\CC/C=C(\C)CCCCC)C([2H])([2H])[2H]. The van der Waals surface area contributed by atoms with Crippen molar-refractivity contribution in [2.45, 2.75) is 59.2 Å². The molecule has 0 rings (SSSR count). The van der Waals surface area contributed by atoms with Gasteiger partial charge in [-0.3, -0.25) is 4.52 Å². The van der Waals surface area contributed by atoms with E-state index in [1.54, 1.807) is 0 Å². The van der Waals surface area contributed by atoms with Crippen LogP contribution in [0.25, 0.3) is 0 Å². The van der Waals surface area contributed by atoms with Gasteiger partial charge in [-0.2, -0.15) is 4.31 Å². The largest absolute Gasteiger partial charge is 0.481 e. The van der Waals surface area contributed by atoms with Crippen LogP contribution in [0.5, 0.6) is 0 Å². The van der Waals surface area contributed by atoms with E-state index in [1.165, 1.54) is 0 Å². The van der Waals surface area contributed by atoms with Crippen LogP contribution in [0.15, 0.2) is 23.3 Å². The van der Waals surface area contributed by atoms with E-state index in [9.17, 15) is 14.0 Å². The molecule has 0 aliphatic rings. The van der Waals surface area contributed by atoms with Gasteiger partial charge in [0, 0.05) is 4.11 Å². The third-order valence-electron chi connectivity index (χ3n) is 2.78. The van der Waals surface area contributed by atoms with Crippen molar-refractivity contribution >= 4 is 15.6 Å². The molecule has 0 spiro atoms. The van der Waals surface area contributed by atoms with E-state index in [1.807, 2.05) is 13.0 Å². The molecular weight excluding hydrogens is 342 g/mol. The van der Waals surface area contributed by atoms with Crippen molar-refractivity contribution in [1.82, 2.24) is 0 Å². The highest BCUT2D eigenvalue weighted by Crippen LogP contribution is 2.57. The lowest BCUT2D eigenvalue weighted by atomic mass is 10.1. The Morgan fingerprint density at radius 3 is 2.48 bits per heavy atom. The van der Waals surface area contributed by atoms with Crippen LogP contribution in [0.1, 0.15) is 64.7 Å². The zero-order valence-corrected chi connectivity index (χ0v) is 15.2. The normalized spacial score (nSPS) is 20.0. The monoisotopic (exact) mass is 374 g/mol. The molecule has 1 atom stereocenters. The van der Waals surface area contributed by atoms with Crippen molar-refractivity contribution in [3.8, 4) is 0 Å². The van der Waals surface area contributed by atoms with Gasteiger partial charge in [-0.1, -0.05) is 43.0 Å². The number of hydrogen-bond acceptors (Lipinski definition) is 4. The van der Waals surface area contributed by atoms with Gasteiger partial charge < -0.3 is 14.7 Å². The van der Waals surface area contributed by atoms with E-state index < -0.39 is 35.2 Å². The average molecular weight is 374 g/mol. The zero-order valence-electron chi connectivity index (χ0n) is 17.4. The van der Waals surface area contributed by atoms with Gasteiger partial charge in [0.05, 0.1) is 7.98 Å². The van der Waals surface area contributed by atoms with E-state index in [2.05, 4.69) is 15.8 Å². The maximum Gasteiger partial charge on any atom is 0.481 e. The lowest BCUT2D eigenvalue weighted by Crippen LogP contribution is -1.94. The number of phosphoric acid groups is 2. The van der Waals surface area contributed by atoms with Crippen molar-refractivity contribution in [1.29, 1.82) is 0 Å². The molecular formula is C14H28O7P2. The molecule has 7 nitrogen and oxygen atoms in total. The van der Waals surface area contributed by atoms with Gasteiger partial charge in [-0.25, -0.2) is 9.13 Å². The molecule has 0 aromatic rings. The number of hydrogen-bond donors (Lipinski definition) is 3. The van der Waals surface area contributed by atoms with Crippen LogP contribution in [-0.4, -0.2) is 21.3 Å². The minimum absolute atomic E-state index is 0.0267. The first kappa shape index (κ1) is 16.2. The minimum Gasteiger partial charge on any atom is -0.302 e. The van der Waals surface area contributed by atoms with Crippen LogP contribution in [0.3, 0.4) is 0 Å². The van der Waals surface area contributed by atoms with Gasteiger partial charge >= 0.3 is 15.6 Å². The highest BCUT2D eigenvalue weighted by molar-refractivity contribution is 7.60. The number of rotatable bonds is 12. The molecule has 136 valence electrons. The van der Waals surface area contributed by atoms with Crippen LogP contribution in [0.4, 0.5) is 0 Å². The highest BCUT2D eigenvalue weighted by atomic mass is 31.3. The summed E-state index contributed by atoms with van der Waals surface area (Å²) in [6, 6.07) is -0.560. The molecule has 0 bridgehead atoms. The topological polar surface area (TPSA) is 113 Å². The number of allylic oxidation sites excluding steroid dienone is 3. The smallest absolute Gasteiger partial charge is 0.302 e. The molecule has 0 radical (unpaired) electrons. The standard InChI is InChI=1S/C14H28O7P2/c1-4-5-6-8-13(2)9-7-10-14(3)11-12-20-23(18,19)21-22(15,16)17/h9,11H,4-8,10,12H2,1-3H3,(H,18,19)(H2,15,16,17)/b13-9+,14-11+/i3D3,11D. The second kappa shape index (κ2) is 11.3. The van der Waals surface area contributed by atoms with E-state index >= 15 is 0 Å². The maximum absolute atomic E-state index is 11.4. The molecule has 0 amide bonds. The Balaban J connectivity index is 4.99. The van der Waals surface area contributed by atoms with Crippen LogP contribution in [-0.2, 0) is 18.0 Å². The molecule has 0 aromatic carbocycles. The van der Waals surface area contributed by atoms with Crippen LogP contribution in [0.2, 0.25) is 0 Å². The summed E-state index contributed by atoms with van der Waals surface area (Å²) in [7, 11) is -10.4. The summed E-state index contributed by atoms with van der Waals surface area (Å²) in [6.45, 7) is 0.510. The van der Waals surface area contributed by atoms with Gasteiger partial charge in [-0.05, 0) is 39.5 Å². The molecule has 0 aliphatic heterocycles. The molecule has 0 heterocycles. The second-order valence-electron chi connectivity index (χ2n) is 5.02. The van der Waals surface area contributed by atoms with E-state index in [-0.39, 0.29) is 12.0 Å². The quantitative estimate of drug-likeness (QED) is 0.262. The lowest BCUT2D eigenvalue weighted by Gasteiger charge is -2.11. The van der Waals surface area contributed by atoms with Gasteiger partial charge in [-0.15, -0.1) is 0 Å². The van der Waals surface area contributed by atoms with Gasteiger partial charge in [0.15, 0.2) is 0 Å². The third kappa shape index (κ3) is 15.0. The molecule has 23 heavy (non-hydrogen) atoms. The van der Waals surface area contributed by atoms with Crippen molar-refractivity contribution in [3.63, 3.8) is 0 Å². The molecule has 0 saturated heterocycles. The second-order valence-corrected chi connectivity index (χ2v) is 7.85. The fraction of sp³-hybridized carbons (Fsp3) is 0.714. The summed E-state index contributed by atoms with van der Waals surface area (Å²) < 4.78 is 60.3. The lowest BCUT2D eigenvalue weighted by molar-refractivity contribution is 0.191. The van der Waals surface area contributed by atoms with Crippen LogP contribution < -0.4 is 0 Å². The maximum atomic E-state index is 11.4. The fourth-order valence-electron chi connectivity index (χ4n) is 1.67. The van der Waals surface area contributed by atoms with Crippen molar-refractivity contribution in [3.05, 3.63) is 23.3 Å². The Kier molecular flexibility index (Phi) is 7.98. The average Bonchev–Trinajstić information content (AvgIpc) is 2.46. The summed E-state index contributed by atoms with van der Waals surface area (Å²) in [6.07, 6.45) is 6.46. The van der Waals surface area contributed by atoms with Gasteiger partial charge in [0.25, 0.3) is 0 Å². The zero-order chi connectivity index (χ0) is 21.3.